The number of amides is 1. The molecule has 0 unspecified atom stereocenters. The number of fused-ring (bicyclic) bond motifs is 1. The summed E-state index contributed by atoms with van der Waals surface area (Å²) in [6.45, 7) is 4.34. The molecule has 0 N–H and O–H groups in total. The first-order chi connectivity index (χ1) is 16.4. The van der Waals surface area contributed by atoms with Gasteiger partial charge >= 0.3 is 0 Å². The van der Waals surface area contributed by atoms with E-state index in [2.05, 4.69) is 0 Å². The highest BCUT2D eigenvalue weighted by atomic mass is 16.5. The largest absolute Gasteiger partial charge is 0.495 e. The number of ether oxygens (including phenoxy) is 4. The summed E-state index contributed by atoms with van der Waals surface area (Å²) in [4.78, 5) is 15.7. The Morgan fingerprint density at radius 2 is 1.65 bits per heavy atom. The Morgan fingerprint density at radius 1 is 0.912 bits per heavy atom. The van der Waals surface area contributed by atoms with Gasteiger partial charge in [-0.05, 0) is 55.8 Å². The van der Waals surface area contributed by atoms with Gasteiger partial charge in [-0.3, -0.25) is 4.79 Å². The highest BCUT2D eigenvalue weighted by Crippen LogP contribution is 2.40. The van der Waals surface area contributed by atoms with Gasteiger partial charge in [0.2, 0.25) is 0 Å². The molecular formula is C28H29NO5. The van der Waals surface area contributed by atoms with Crippen molar-refractivity contribution < 1.29 is 23.7 Å². The number of anilines is 1. The molecule has 1 aliphatic rings. The van der Waals surface area contributed by atoms with Crippen LogP contribution < -0.4 is 23.8 Å². The zero-order valence-electron chi connectivity index (χ0n) is 20.1. The SMILES string of the molecule is COc1ccc(N(Cc2ccccc2)C(=O)c2ccc3c(c2OC)C=CC(C)(C)O3)cc1OC. The first-order valence-corrected chi connectivity index (χ1v) is 11.0. The lowest BCUT2D eigenvalue weighted by Gasteiger charge is -2.30. The maximum Gasteiger partial charge on any atom is 0.262 e. The van der Waals surface area contributed by atoms with Crippen molar-refractivity contribution in [1.82, 2.24) is 0 Å². The highest BCUT2D eigenvalue weighted by molar-refractivity contribution is 6.09. The third-order valence-corrected chi connectivity index (χ3v) is 5.72. The number of hydrogen-bond donors (Lipinski definition) is 0. The molecule has 0 spiro atoms. The molecule has 1 aliphatic heterocycles. The second-order valence-corrected chi connectivity index (χ2v) is 8.51. The van der Waals surface area contributed by atoms with E-state index in [1.165, 1.54) is 0 Å². The van der Waals surface area contributed by atoms with Gasteiger partial charge in [0, 0.05) is 11.8 Å². The van der Waals surface area contributed by atoms with Crippen molar-refractivity contribution in [2.45, 2.75) is 26.0 Å². The standard InChI is InChI=1S/C28H29NO5/c1-28(2)16-15-21-23(34-28)14-12-22(26(21)33-5)27(30)29(18-19-9-7-6-8-10-19)20-11-13-24(31-3)25(17-20)32-4/h6-17H,18H2,1-5H3. The average Bonchev–Trinajstić information content (AvgIpc) is 2.85. The fraction of sp³-hybridized carbons (Fsp3) is 0.250. The molecule has 0 radical (unpaired) electrons. The Morgan fingerprint density at radius 3 is 2.32 bits per heavy atom. The summed E-state index contributed by atoms with van der Waals surface area (Å²) in [5, 5.41) is 0. The molecule has 0 atom stereocenters. The van der Waals surface area contributed by atoms with Crippen molar-refractivity contribution in [3.8, 4) is 23.0 Å². The van der Waals surface area contributed by atoms with E-state index >= 15 is 0 Å². The minimum atomic E-state index is -0.428. The van der Waals surface area contributed by atoms with Crippen LogP contribution in [0.1, 0.15) is 35.3 Å². The summed E-state index contributed by atoms with van der Waals surface area (Å²) in [6.07, 6.45) is 3.91. The third-order valence-electron chi connectivity index (χ3n) is 5.72. The van der Waals surface area contributed by atoms with E-state index in [0.29, 0.717) is 40.8 Å². The van der Waals surface area contributed by atoms with Crippen LogP contribution in [0.25, 0.3) is 6.08 Å². The molecule has 3 aromatic rings. The number of hydrogen-bond acceptors (Lipinski definition) is 5. The Labute approximate surface area is 200 Å². The van der Waals surface area contributed by atoms with Crippen molar-refractivity contribution in [3.05, 3.63) is 83.4 Å². The summed E-state index contributed by atoms with van der Waals surface area (Å²) in [6, 6.07) is 18.9. The monoisotopic (exact) mass is 459 g/mol. The summed E-state index contributed by atoms with van der Waals surface area (Å²) in [5.41, 5.74) is 2.44. The van der Waals surface area contributed by atoms with Gasteiger partial charge in [0.15, 0.2) is 11.5 Å². The molecule has 6 heteroatoms. The molecule has 1 amide bonds. The van der Waals surface area contributed by atoms with E-state index in [4.69, 9.17) is 18.9 Å². The van der Waals surface area contributed by atoms with Crippen molar-refractivity contribution in [1.29, 1.82) is 0 Å². The number of carbonyl (C=O) groups is 1. The second kappa shape index (κ2) is 9.51. The van der Waals surface area contributed by atoms with Crippen LogP contribution in [0.5, 0.6) is 23.0 Å². The Hall–Kier alpha value is -3.93. The molecule has 0 aromatic heterocycles. The quantitative estimate of drug-likeness (QED) is 0.451. The second-order valence-electron chi connectivity index (χ2n) is 8.51. The first-order valence-electron chi connectivity index (χ1n) is 11.0. The smallest absolute Gasteiger partial charge is 0.262 e. The maximum absolute atomic E-state index is 14.0. The molecule has 4 rings (SSSR count). The van der Waals surface area contributed by atoms with Crippen LogP contribution in [0.2, 0.25) is 0 Å². The van der Waals surface area contributed by atoms with Crippen LogP contribution in [0.15, 0.2) is 66.7 Å². The number of benzene rings is 3. The van der Waals surface area contributed by atoms with E-state index in [-0.39, 0.29) is 5.91 Å². The average molecular weight is 460 g/mol. The van der Waals surface area contributed by atoms with Gasteiger partial charge in [0.1, 0.15) is 17.1 Å². The molecule has 0 saturated carbocycles. The molecular weight excluding hydrogens is 430 g/mol. The minimum absolute atomic E-state index is 0.200. The van der Waals surface area contributed by atoms with Crippen LogP contribution in [0, 0.1) is 0 Å². The van der Waals surface area contributed by atoms with Crippen molar-refractivity contribution in [2.75, 3.05) is 26.2 Å². The number of rotatable bonds is 7. The normalized spacial score (nSPS) is 13.4. The highest BCUT2D eigenvalue weighted by Gasteiger charge is 2.29. The molecule has 0 fully saturated rings. The number of nitrogens with zero attached hydrogens (tertiary/aromatic N) is 1. The summed E-state index contributed by atoms with van der Waals surface area (Å²) < 4.78 is 22.7. The van der Waals surface area contributed by atoms with Gasteiger partial charge in [-0.25, -0.2) is 0 Å². The number of carbonyl (C=O) groups excluding carboxylic acids is 1. The Balaban J connectivity index is 1.80. The van der Waals surface area contributed by atoms with Crippen molar-refractivity contribution in [2.24, 2.45) is 0 Å². The fourth-order valence-electron chi connectivity index (χ4n) is 4.00. The lowest BCUT2D eigenvalue weighted by Crippen LogP contribution is -2.31. The Kier molecular flexibility index (Phi) is 6.50. The van der Waals surface area contributed by atoms with Crippen molar-refractivity contribution >= 4 is 17.7 Å². The van der Waals surface area contributed by atoms with Gasteiger partial charge in [-0.15, -0.1) is 0 Å². The van der Waals surface area contributed by atoms with Gasteiger partial charge in [0.25, 0.3) is 5.91 Å². The lowest BCUT2D eigenvalue weighted by molar-refractivity contribution is 0.0982. The van der Waals surface area contributed by atoms with Crippen molar-refractivity contribution in [3.63, 3.8) is 0 Å². The van der Waals surface area contributed by atoms with Gasteiger partial charge in [0.05, 0.1) is 39.0 Å². The molecule has 1 heterocycles. The minimum Gasteiger partial charge on any atom is -0.495 e. The molecule has 176 valence electrons. The van der Waals surface area contributed by atoms with Gasteiger partial charge < -0.3 is 23.8 Å². The summed E-state index contributed by atoms with van der Waals surface area (Å²) in [5.74, 6) is 2.10. The van der Waals surface area contributed by atoms with Crippen LogP contribution in [0.4, 0.5) is 5.69 Å². The summed E-state index contributed by atoms with van der Waals surface area (Å²) in [7, 11) is 4.72. The molecule has 6 nitrogen and oxygen atoms in total. The molecule has 3 aromatic carbocycles. The topological polar surface area (TPSA) is 57.2 Å². The Bertz CT molecular complexity index is 1220. The molecule has 0 saturated heterocycles. The van der Waals surface area contributed by atoms with E-state index in [0.717, 1.165) is 11.1 Å². The van der Waals surface area contributed by atoms with Crippen LogP contribution in [-0.2, 0) is 6.54 Å². The van der Waals surface area contributed by atoms with E-state index in [1.54, 1.807) is 44.4 Å². The molecule has 34 heavy (non-hydrogen) atoms. The van der Waals surface area contributed by atoms with Crippen LogP contribution in [-0.4, -0.2) is 32.8 Å². The molecule has 0 bridgehead atoms. The van der Waals surface area contributed by atoms with Crippen LogP contribution >= 0.6 is 0 Å². The van der Waals surface area contributed by atoms with E-state index < -0.39 is 5.60 Å². The first kappa shape index (κ1) is 23.2. The predicted octanol–water partition coefficient (Wildman–Crippen LogP) is 5.74. The zero-order valence-corrected chi connectivity index (χ0v) is 20.1. The maximum atomic E-state index is 14.0. The fourth-order valence-corrected chi connectivity index (χ4v) is 4.00. The van der Waals surface area contributed by atoms with Gasteiger partial charge in [-0.1, -0.05) is 30.3 Å². The molecule has 0 aliphatic carbocycles. The zero-order chi connectivity index (χ0) is 24.3. The number of methoxy groups -OCH3 is 3. The lowest BCUT2D eigenvalue weighted by atomic mass is 9.99. The predicted molar refractivity (Wildman–Crippen MR) is 133 cm³/mol. The third kappa shape index (κ3) is 4.57. The van der Waals surface area contributed by atoms with E-state index in [9.17, 15) is 4.79 Å². The van der Waals surface area contributed by atoms with Gasteiger partial charge in [-0.2, -0.15) is 0 Å². The van der Waals surface area contributed by atoms with Crippen LogP contribution in [0.3, 0.4) is 0 Å². The van der Waals surface area contributed by atoms with E-state index in [1.807, 2.05) is 68.5 Å². The summed E-state index contributed by atoms with van der Waals surface area (Å²) >= 11 is 0.